The molecule has 0 aliphatic heterocycles. The van der Waals surface area contributed by atoms with Gasteiger partial charge in [0.25, 0.3) is 0 Å². The summed E-state index contributed by atoms with van der Waals surface area (Å²) < 4.78 is 0. The SMILES string of the molecule is CCCCCCCCCCC(O)CN(CC(O)CCCCCCCCCC)C(=N)NCCCC(C(=O)O)N(CC(O)CCCCCCCCCC)CC(O)CCCCCCCCCC. The normalized spacial score (nSPS) is 14.1. The number of hydrogen-bond acceptors (Lipinski definition) is 7. The monoisotopic (exact) mass is 911 g/mol. The molecule has 0 aromatic heterocycles. The van der Waals surface area contributed by atoms with Crippen molar-refractivity contribution in [2.45, 2.75) is 302 Å². The maximum Gasteiger partial charge on any atom is 0.320 e. The van der Waals surface area contributed by atoms with E-state index in [4.69, 9.17) is 5.41 Å². The smallest absolute Gasteiger partial charge is 0.320 e. The second kappa shape index (κ2) is 46.6. The highest BCUT2D eigenvalue weighted by molar-refractivity contribution is 5.76. The summed E-state index contributed by atoms with van der Waals surface area (Å²) in [5.74, 6) is -0.807. The van der Waals surface area contributed by atoms with Gasteiger partial charge in [-0.05, 0) is 38.5 Å². The third-order valence-electron chi connectivity index (χ3n) is 13.3. The van der Waals surface area contributed by atoms with Crippen LogP contribution >= 0.6 is 0 Å². The van der Waals surface area contributed by atoms with Crippen LogP contribution in [0, 0.1) is 5.41 Å². The Morgan fingerprint density at radius 2 is 0.672 bits per heavy atom. The van der Waals surface area contributed by atoms with Gasteiger partial charge in [0.2, 0.25) is 0 Å². The molecule has 382 valence electrons. The van der Waals surface area contributed by atoms with Gasteiger partial charge in [-0.15, -0.1) is 0 Å². The summed E-state index contributed by atoms with van der Waals surface area (Å²) in [6.07, 6.45) is 38.8. The zero-order valence-electron chi connectivity index (χ0n) is 42.8. The predicted molar refractivity (Wildman–Crippen MR) is 272 cm³/mol. The first kappa shape index (κ1) is 62.5. The molecule has 5 atom stereocenters. The number of carboxylic acid groups (broad SMARTS) is 1. The highest BCUT2D eigenvalue weighted by Gasteiger charge is 2.29. The molecule has 0 bridgehead atoms. The number of unbranched alkanes of at least 4 members (excludes halogenated alkanes) is 28. The second-order valence-electron chi connectivity index (χ2n) is 19.8. The summed E-state index contributed by atoms with van der Waals surface area (Å²) in [7, 11) is 0. The van der Waals surface area contributed by atoms with Crippen molar-refractivity contribution in [1.29, 1.82) is 5.41 Å². The van der Waals surface area contributed by atoms with Crippen molar-refractivity contribution in [3.63, 3.8) is 0 Å². The van der Waals surface area contributed by atoms with Crippen LogP contribution in [0.4, 0.5) is 0 Å². The van der Waals surface area contributed by atoms with Gasteiger partial charge in [0.1, 0.15) is 6.04 Å². The first-order chi connectivity index (χ1) is 31.1. The number of nitrogens with zero attached hydrogens (tertiary/aromatic N) is 2. The highest BCUT2D eigenvalue weighted by atomic mass is 16.4. The number of aliphatic hydroxyl groups excluding tert-OH is 4. The highest BCUT2D eigenvalue weighted by Crippen LogP contribution is 2.18. The molecule has 0 aromatic rings. The Morgan fingerprint density at radius 1 is 0.406 bits per heavy atom. The molecular formula is C54H110N4O6. The quantitative estimate of drug-likeness (QED) is 0.0179. The van der Waals surface area contributed by atoms with E-state index in [1.165, 1.54) is 141 Å². The van der Waals surface area contributed by atoms with E-state index < -0.39 is 36.4 Å². The van der Waals surface area contributed by atoms with E-state index in [0.29, 0.717) is 45.1 Å². The molecule has 7 N–H and O–H groups in total. The topological polar surface area (TPSA) is 161 Å². The number of aliphatic carboxylic acids is 1. The van der Waals surface area contributed by atoms with Gasteiger partial charge in [-0.3, -0.25) is 15.1 Å². The third-order valence-corrected chi connectivity index (χ3v) is 13.3. The predicted octanol–water partition coefficient (Wildman–Crippen LogP) is 12.9. The largest absolute Gasteiger partial charge is 0.480 e. The van der Waals surface area contributed by atoms with Crippen LogP contribution in [0.15, 0.2) is 0 Å². The van der Waals surface area contributed by atoms with Crippen LogP contribution in [0.25, 0.3) is 0 Å². The first-order valence-electron chi connectivity index (χ1n) is 27.9. The van der Waals surface area contributed by atoms with Gasteiger partial charge >= 0.3 is 5.97 Å². The number of carboxylic acids is 1. The van der Waals surface area contributed by atoms with E-state index in [9.17, 15) is 30.3 Å². The number of nitrogens with one attached hydrogen (secondary N) is 2. The molecule has 10 heteroatoms. The Bertz CT molecular complexity index is 951. The number of guanidine groups is 1. The Hall–Kier alpha value is -1.46. The summed E-state index contributed by atoms with van der Waals surface area (Å²) in [6.45, 7) is 10.3. The molecule has 5 unspecified atom stereocenters. The third kappa shape index (κ3) is 39.7. The summed E-state index contributed by atoms with van der Waals surface area (Å²) in [5, 5.41) is 67.2. The van der Waals surface area contributed by atoms with Crippen LogP contribution in [-0.4, -0.2) is 110 Å². The van der Waals surface area contributed by atoms with Gasteiger partial charge in [-0.25, -0.2) is 0 Å². The van der Waals surface area contributed by atoms with Gasteiger partial charge in [0.05, 0.1) is 24.4 Å². The number of rotatable bonds is 50. The molecule has 0 radical (unpaired) electrons. The first-order valence-corrected chi connectivity index (χ1v) is 27.9. The van der Waals surface area contributed by atoms with Gasteiger partial charge < -0.3 is 35.7 Å². The van der Waals surface area contributed by atoms with Crippen LogP contribution in [0.5, 0.6) is 0 Å². The minimum atomic E-state index is -0.955. The van der Waals surface area contributed by atoms with E-state index in [1.54, 1.807) is 9.80 Å². The van der Waals surface area contributed by atoms with Crippen molar-refractivity contribution < 1.29 is 30.3 Å². The van der Waals surface area contributed by atoms with Crippen LogP contribution in [0.2, 0.25) is 0 Å². The molecule has 0 rings (SSSR count). The van der Waals surface area contributed by atoms with Crippen molar-refractivity contribution in [1.82, 2.24) is 15.1 Å². The van der Waals surface area contributed by atoms with Crippen molar-refractivity contribution >= 4 is 11.9 Å². The minimum Gasteiger partial charge on any atom is -0.480 e. The molecule has 0 aliphatic carbocycles. The lowest BCUT2D eigenvalue weighted by Crippen LogP contribution is -2.49. The summed E-state index contributed by atoms with van der Waals surface area (Å²) in [4.78, 5) is 16.4. The molecular weight excluding hydrogens is 801 g/mol. The fourth-order valence-corrected chi connectivity index (χ4v) is 9.13. The molecule has 0 saturated carbocycles. The fourth-order valence-electron chi connectivity index (χ4n) is 9.13. The molecule has 64 heavy (non-hydrogen) atoms. The number of aliphatic hydroxyl groups is 4. The lowest BCUT2D eigenvalue weighted by Gasteiger charge is -2.33. The minimum absolute atomic E-state index is 0.148. The number of carbonyl (C=O) groups is 1. The average molecular weight is 911 g/mol. The molecule has 0 amide bonds. The van der Waals surface area contributed by atoms with Crippen molar-refractivity contribution in [3.05, 3.63) is 0 Å². The molecule has 0 heterocycles. The Balaban J connectivity index is 5.43. The summed E-state index contributed by atoms with van der Waals surface area (Å²) in [6, 6.07) is -0.865. The maximum atomic E-state index is 12.8. The number of hydrogen-bond donors (Lipinski definition) is 7. The Labute approximate surface area is 396 Å². The molecule has 0 aliphatic rings. The van der Waals surface area contributed by atoms with Crippen molar-refractivity contribution in [2.75, 3.05) is 32.7 Å². The zero-order chi connectivity index (χ0) is 47.3. The molecule has 0 spiro atoms. The molecule has 0 aromatic carbocycles. The standard InChI is InChI=1S/C54H110N4O6/c1-5-9-13-17-21-25-29-33-38-48(59)44-57(45-49(60)39-34-30-26-22-18-14-10-6-2)52(53(63)64)42-37-43-56-54(55)58(46-50(61)40-35-31-27-23-19-15-11-7-3)47-51(62)41-36-32-28-24-20-16-12-8-4/h48-52,59-62H,5-47H2,1-4H3,(H2,55,56)(H,63,64). The second-order valence-corrected chi connectivity index (χ2v) is 19.8. The van der Waals surface area contributed by atoms with Crippen LogP contribution in [0.3, 0.4) is 0 Å². The van der Waals surface area contributed by atoms with Gasteiger partial charge in [0, 0.05) is 32.7 Å². The molecule has 10 nitrogen and oxygen atoms in total. The average Bonchev–Trinajstić information content (AvgIpc) is 3.26. The van der Waals surface area contributed by atoms with Gasteiger partial charge in [-0.1, -0.05) is 233 Å². The zero-order valence-corrected chi connectivity index (χ0v) is 42.8. The summed E-state index contributed by atoms with van der Waals surface area (Å²) in [5.41, 5.74) is 0. The van der Waals surface area contributed by atoms with Crippen molar-refractivity contribution in [2.24, 2.45) is 0 Å². The fraction of sp³-hybridized carbons (Fsp3) is 0.963. The van der Waals surface area contributed by atoms with E-state index in [2.05, 4.69) is 33.0 Å². The van der Waals surface area contributed by atoms with Gasteiger partial charge in [0.15, 0.2) is 5.96 Å². The maximum absolute atomic E-state index is 12.8. The molecule has 0 saturated heterocycles. The lowest BCUT2D eigenvalue weighted by atomic mass is 10.0. The van der Waals surface area contributed by atoms with Gasteiger partial charge in [-0.2, -0.15) is 0 Å². The summed E-state index contributed by atoms with van der Waals surface area (Å²) >= 11 is 0. The Kier molecular flexibility index (Phi) is 45.6. The van der Waals surface area contributed by atoms with E-state index in [1.807, 2.05) is 0 Å². The van der Waals surface area contributed by atoms with E-state index >= 15 is 0 Å². The van der Waals surface area contributed by atoms with Crippen LogP contribution < -0.4 is 5.32 Å². The molecule has 0 fully saturated rings. The van der Waals surface area contributed by atoms with E-state index in [0.717, 1.165) is 64.2 Å². The van der Waals surface area contributed by atoms with Crippen LogP contribution in [0.1, 0.15) is 272 Å². The van der Waals surface area contributed by atoms with Crippen LogP contribution in [-0.2, 0) is 4.79 Å². The van der Waals surface area contributed by atoms with Crippen molar-refractivity contribution in [3.8, 4) is 0 Å². The van der Waals surface area contributed by atoms with E-state index in [-0.39, 0.29) is 32.1 Å². The Morgan fingerprint density at radius 3 is 0.953 bits per heavy atom. The lowest BCUT2D eigenvalue weighted by molar-refractivity contribution is -0.144.